The van der Waals surface area contributed by atoms with Gasteiger partial charge in [0.1, 0.15) is 12.7 Å². The van der Waals surface area contributed by atoms with E-state index in [9.17, 15) is 4.79 Å². The molecule has 0 aliphatic heterocycles. The number of nitrogens with one attached hydrogen (secondary N) is 1. The number of amides is 1. The SMILES string of the molecule is C[C@@H](N)CNc1cn(Cc2ccc(-n3cncn3)cc2)c(Sc2ccccc2)c1C(N)=O. The summed E-state index contributed by atoms with van der Waals surface area (Å²) in [5.41, 5.74) is 14.9. The summed E-state index contributed by atoms with van der Waals surface area (Å²) in [6.45, 7) is 3.02. The van der Waals surface area contributed by atoms with Gasteiger partial charge in [0.2, 0.25) is 0 Å². The predicted octanol–water partition coefficient (Wildman–Crippen LogP) is 3.13. The molecule has 0 radical (unpaired) electrons. The van der Waals surface area contributed by atoms with E-state index in [4.69, 9.17) is 11.5 Å². The van der Waals surface area contributed by atoms with Crippen molar-refractivity contribution in [2.75, 3.05) is 11.9 Å². The highest BCUT2D eigenvalue weighted by Crippen LogP contribution is 2.36. The lowest BCUT2D eigenvalue weighted by Crippen LogP contribution is -2.26. The van der Waals surface area contributed by atoms with Crippen molar-refractivity contribution in [1.82, 2.24) is 19.3 Å². The molecule has 0 aliphatic rings. The minimum Gasteiger partial charge on any atom is -0.382 e. The molecule has 0 aliphatic carbocycles. The van der Waals surface area contributed by atoms with E-state index in [-0.39, 0.29) is 6.04 Å². The predicted molar refractivity (Wildman–Crippen MR) is 126 cm³/mol. The van der Waals surface area contributed by atoms with E-state index in [0.717, 1.165) is 21.2 Å². The lowest BCUT2D eigenvalue weighted by Gasteiger charge is -2.11. The number of carbonyl (C=O) groups excluding carboxylic acids is 1. The summed E-state index contributed by atoms with van der Waals surface area (Å²) in [5.74, 6) is -0.476. The van der Waals surface area contributed by atoms with Gasteiger partial charge in [-0.3, -0.25) is 4.79 Å². The molecule has 0 unspecified atom stereocenters. The van der Waals surface area contributed by atoms with E-state index < -0.39 is 5.91 Å². The fraction of sp³-hybridized carbons (Fsp3) is 0.174. The van der Waals surface area contributed by atoms with Gasteiger partial charge in [-0.15, -0.1) is 0 Å². The van der Waals surface area contributed by atoms with Crippen molar-refractivity contribution in [3.05, 3.63) is 84.6 Å². The molecule has 4 aromatic rings. The van der Waals surface area contributed by atoms with Gasteiger partial charge < -0.3 is 21.4 Å². The molecule has 8 nitrogen and oxygen atoms in total. The van der Waals surface area contributed by atoms with Crippen molar-refractivity contribution < 1.29 is 4.79 Å². The highest BCUT2D eigenvalue weighted by atomic mass is 32.2. The molecule has 2 aromatic heterocycles. The van der Waals surface area contributed by atoms with E-state index in [1.807, 2.05) is 72.3 Å². The fourth-order valence-electron chi connectivity index (χ4n) is 3.30. The Labute approximate surface area is 190 Å². The number of rotatable bonds is 9. The maximum Gasteiger partial charge on any atom is 0.253 e. The maximum absolute atomic E-state index is 12.4. The molecule has 1 atom stereocenters. The normalized spacial score (nSPS) is 11.9. The summed E-state index contributed by atoms with van der Waals surface area (Å²) < 4.78 is 3.75. The molecule has 164 valence electrons. The third kappa shape index (κ3) is 5.01. The smallest absolute Gasteiger partial charge is 0.253 e. The molecule has 0 saturated carbocycles. The highest BCUT2D eigenvalue weighted by Gasteiger charge is 2.21. The second-order valence-corrected chi connectivity index (χ2v) is 8.56. The average Bonchev–Trinajstić information content (AvgIpc) is 3.42. The van der Waals surface area contributed by atoms with Gasteiger partial charge in [-0.2, -0.15) is 5.10 Å². The first kappa shape index (κ1) is 21.7. The van der Waals surface area contributed by atoms with Crippen LogP contribution in [0.4, 0.5) is 5.69 Å². The second-order valence-electron chi connectivity index (χ2n) is 7.49. The van der Waals surface area contributed by atoms with Crippen LogP contribution in [0.5, 0.6) is 0 Å². The number of anilines is 1. The van der Waals surface area contributed by atoms with E-state index in [2.05, 4.69) is 15.4 Å². The molecule has 0 spiro atoms. The highest BCUT2D eigenvalue weighted by molar-refractivity contribution is 7.99. The fourth-order valence-corrected chi connectivity index (χ4v) is 4.36. The number of hydrogen-bond acceptors (Lipinski definition) is 6. The van der Waals surface area contributed by atoms with Crippen LogP contribution in [0, 0.1) is 0 Å². The third-order valence-electron chi connectivity index (χ3n) is 4.82. The van der Waals surface area contributed by atoms with Crippen LogP contribution in [0.25, 0.3) is 5.69 Å². The molecule has 0 fully saturated rings. The second kappa shape index (κ2) is 9.71. The Balaban J connectivity index is 1.68. The number of nitrogens with zero attached hydrogens (tertiary/aromatic N) is 4. The van der Waals surface area contributed by atoms with E-state index in [0.29, 0.717) is 24.3 Å². The molecule has 5 N–H and O–H groups in total. The van der Waals surface area contributed by atoms with Crippen LogP contribution in [-0.2, 0) is 6.54 Å². The lowest BCUT2D eigenvalue weighted by molar-refractivity contribution is 0.0998. The molecular weight excluding hydrogens is 422 g/mol. The van der Waals surface area contributed by atoms with Crippen LogP contribution in [0.2, 0.25) is 0 Å². The van der Waals surface area contributed by atoms with Gasteiger partial charge in [0, 0.05) is 30.2 Å². The van der Waals surface area contributed by atoms with Crippen molar-refractivity contribution in [2.45, 2.75) is 29.4 Å². The number of benzene rings is 2. The summed E-state index contributed by atoms with van der Waals surface area (Å²) in [5, 5.41) is 8.22. The Morgan fingerprint density at radius 1 is 1.16 bits per heavy atom. The van der Waals surface area contributed by atoms with E-state index >= 15 is 0 Å². The van der Waals surface area contributed by atoms with Crippen LogP contribution in [0.1, 0.15) is 22.8 Å². The summed E-state index contributed by atoms with van der Waals surface area (Å²) in [4.78, 5) is 17.4. The van der Waals surface area contributed by atoms with Gasteiger partial charge in [-0.25, -0.2) is 9.67 Å². The quantitative estimate of drug-likeness (QED) is 0.363. The summed E-state index contributed by atoms with van der Waals surface area (Å²) in [7, 11) is 0. The first-order chi connectivity index (χ1) is 15.5. The molecule has 9 heteroatoms. The Morgan fingerprint density at radius 2 is 1.91 bits per heavy atom. The number of carbonyl (C=O) groups is 1. The minimum absolute atomic E-state index is 0.0615. The molecule has 32 heavy (non-hydrogen) atoms. The van der Waals surface area contributed by atoms with Gasteiger partial charge in [0.05, 0.1) is 22.0 Å². The summed E-state index contributed by atoms with van der Waals surface area (Å²) in [6, 6.07) is 17.9. The zero-order valence-electron chi connectivity index (χ0n) is 17.7. The van der Waals surface area contributed by atoms with Crippen molar-refractivity contribution in [3.8, 4) is 5.69 Å². The first-order valence-electron chi connectivity index (χ1n) is 10.2. The summed E-state index contributed by atoms with van der Waals surface area (Å²) >= 11 is 1.51. The van der Waals surface area contributed by atoms with Crippen LogP contribution in [0.15, 0.2) is 83.4 Å². The Morgan fingerprint density at radius 3 is 2.53 bits per heavy atom. The Bertz CT molecular complexity index is 1170. The number of primary amides is 1. The zero-order chi connectivity index (χ0) is 22.5. The molecule has 0 saturated heterocycles. The topological polar surface area (TPSA) is 117 Å². The molecule has 0 bridgehead atoms. The number of hydrogen-bond donors (Lipinski definition) is 3. The average molecular weight is 448 g/mol. The van der Waals surface area contributed by atoms with Crippen LogP contribution in [0.3, 0.4) is 0 Å². The van der Waals surface area contributed by atoms with Crippen molar-refractivity contribution >= 4 is 23.4 Å². The van der Waals surface area contributed by atoms with Crippen LogP contribution < -0.4 is 16.8 Å². The number of aromatic nitrogens is 4. The van der Waals surface area contributed by atoms with Crippen LogP contribution >= 0.6 is 11.8 Å². The van der Waals surface area contributed by atoms with Crippen molar-refractivity contribution in [1.29, 1.82) is 0 Å². The van der Waals surface area contributed by atoms with Crippen molar-refractivity contribution in [2.24, 2.45) is 11.5 Å². The largest absolute Gasteiger partial charge is 0.382 e. The minimum atomic E-state index is -0.476. The van der Waals surface area contributed by atoms with Gasteiger partial charge >= 0.3 is 0 Å². The van der Waals surface area contributed by atoms with E-state index in [1.54, 1.807) is 11.0 Å². The molecule has 4 rings (SSSR count). The molecular formula is C23H25N7OS. The zero-order valence-corrected chi connectivity index (χ0v) is 18.5. The lowest BCUT2D eigenvalue weighted by atomic mass is 10.2. The molecule has 1 amide bonds. The number of nitrogens with two attached hydrogens (primary N) is 2. The van der Waals surface area contributed by atoms with E-state index in [1.165, 1.54) is 18.1 Å². The Hall–Kier alpha value is -3.56. The van der Waals surface area contributed by atoms with Gasteiger partial charge in [-0.05, 0) is 36.8 Å². The molecule has 2 heterocycles. The van der Waals surface area contributed by atoms with Gasteiger partial charge in [0.15, 0.2) is 0 Å². The monoisotopic (exact) mass is 447 g/mol. The van der Waals surface area contributed by atoms with Crippen LogP contribution in [-0.4, -0.2) is 37.8 Å². The summed E-state index contributed by atoms with van der Waals surface area (Å²) in [6.07, 6.45) is 5.09. The van der Waals surface area contributed by atoms with Gasteiger partial charge in [-0.1, -0.05) is 42.1 Å². The van der Waals surface area contributed by atoms with Crippen molar-refractivity contribution in [3.63, 3.8) is 0 Å². The van der Waals surface area contributed by atoms with Gasteiger partial charge in [0.25, 0.3) is 5.91 Å². The Kier molecular flexibility index (Phi) is 6.58. The third-order valence-corrected chi connectivity index (χ3v) is 5.96. The molecule has 2 aromatic carbocycles. The first-order valence-corrected chi connectivity index (χ1v) is 11.0. The standard InChI is InChI=1S/C23H25N7OS/c1-16(24)11-27-20-13-29(12-17-7-9-18(10-8-17)30-15-26-14-28-30)23(21(20)22(25)31)32-19-5-3-2-4-6-19/h2-10,13-16,27H,11-12,24H2,1H3,(H2,25,31)/t16-/m1/s1. The maximum atomic E-state index is 12.4.